The first-order valence-electron chi connectivity index (χ1n) is 7.69. The Bertz CT molecular complexity index is 676. The second-order valence-corrected chi connectivity index (χ2v) is 6.75. The Hall–Kier alpha value is -1.74. The molecule has 0 aliphatic carbocycles. The molecule has 1 amide bonds. The van der Waals surface area contributed by atoms with Crippen LogP contribution in [0, 0.1) is 11.3 Å². The number of nitriles is 1. The maximum Gasteiger partial charge on any atom is 0.267 e. The van der Waals surface area contributed by atoms with Gasteiger partial charge in [0.25, 0.3) is 5.91 Å². The first kappa shape index (κ1) is 18.6. The lowest BCUT2D eigenvalue weighted by atomic mass is 10.0. The smallest absolute Gasteiger partial charge is 0.267 e. The number of amides is 1. The molecule has 0 bridgehead atoms. The van der Waals surface area contributed by atoms with E-state index in [2.05, 4.69) is 17.3 Å². The summed E-state index contributed by atoms with van der Waals surface area (Å²) in [5, 5.41) is 12.7. The Balaban J connectivity index is 2.04. The lowest BCUT2D eigenvalue weighted by Crippen LogP contribution is -2.40. The molecule has 0 saturated carbocycles. The highest BCUT2D eigenvalue weighted by Crippen LogP contribution is 2.25. The van der Waals surface area contributed by atoms with Crippen molar-refractivity contribution in [2.45, 2.75) is 18.9 Å². The summed E-state index contributed by atoms with van der Waals surface area (Å²) in [5.74, 6) is -0.462. The van der Waals surface area contributed by atoms with Crippen LogP contribution >= 0.6 is 23.2 Å². The van der Waals surface area contributed by atoms with E-state index in [0.29, 0.717) is 21.8 Å². The third kappa shape index (κ3) is 4.88. The molecule has 1 aromatic carbocycles. The van der Waals surface area contributed by atoms with Gasteiger partial charge < -0.3 is 15.1 Å². The summed E-state index contributed by atoms with van der Waals surface area (Å²) in [6.45, 7) is 2.03. The molecule has 1 aliphatic rings. The molecule has 0 atom stereocenters. The number of nitrogens with one attached hydrogen (secondary N) is 1. The predicted molar refractivity (Wildman–Crippen MR) is 97.1 cm³/mol. The van der Waals surface area contributed by atoms with Gasteiger partial charge in [-0.1, -0.05) is 23.2 Å². The molecule has 1 heterocycles. The number of rotatable bonds is 4. The van der Waals surface area contributed by atoms with Crippen molar-refractivity contribution in [2.75, 3.05) is 32.5 Å². The van der Waals surface area contributed by atoms with Gasteiger partial charge in [0.15, 0.2) is 0 Å². The Morgan fingerprint density at radius 3 is 2.62 bits per heavy atom. The standard InChI is InChI=1S/C17H20Cl2N4O/c1-22-7-5-14(6-8-22)23(2)11-12(10-20)17(24)21-13-3-4-15(18)16(19)9-13/h3-4,9,11,14H,5-8H2,1-2H3,(H,21,24)/b12-11-. The van der Waals surface area contributed by atoms with Gasteiger partial charge in [-0.2, -0.15) is 5.26 Å². The van der Waals surface area contributed by atoms with Crippen molar-refractivity contribution in [3.05, 3.63) is 40.0 Å². The number of carbonyl (C=O) groups is 1. The van der Waals surface area contributed by atoms with Crippen LogP contribution in [0.15, 0.2) is 30.0 Å². The van der Waals surface area contributed by atoms with Crippen molar-refractivity contribution in [3.8, 4) is 6.07 Å². The van der Waals surface area contributed by atoms with Crippen LogP contribution < -0.4 is 5.32 Å². The number of hydrogen-bond donors (Lipinski definition) is 1. The van der Waals surface area contributed by atoms with E-state index in [1.54, 1.807) is 24.4 Å². The van der Waals surface area contributed by atoms with E-state index in [1.165, 1.54) is 0 Å². The van der Waals surface area contributed by atoms with E-state index in [-0.39, 0.29) is 5.57 Å². The van der Waals surface area contributed by atoms with Gasteiger partial charge in [-0.15, -0.1) is 0 Å². The summed E-state index contributed by atoms with van der Waals surface area (Å²) in [6.07, 6.45) is 3.64. The number of piperidine rings is 1. The topological polar surface area (TPSA) is 59.4 Å². The molecule has 0 spiro atoms. The maximum absolute atomic E-state index is 12.3. The van der Waals surface area contributed by atoms with Gasteiger partial charge in [0.2, 0.25) is 0 Å². The summed E-state index contributed by atoms with van der Waals surface area (Å²) in [7, 11) is 4.00. The number of halogens is 2. The number of benzene rings is 1. The molecule has 1 aromatic rings. The summed E-state index contributed by atoms with van der Waals surface area (Å²) in [6, 6.07) is 7.09. The molecule has 24 heavy (non-hydrogen) atoms. The van der Waals surface area contributed by atoms with Crippen LogP contribution in [-0.4, -0.2) is 48.9 Å². The molecule has 2 rings (SSSR count). The maximum atomic E-state index is 12.3. The fourth-order valence-electron chi connectivity index (χ4n) is 2.62. The highest BCUT2D eigenvalue weighted by Gasteiger charge is 2.20. The first-order chi connectivity index (χ1) is 11.4. The molecular weight excluding hydrogens is 347 g/mol. The van der Waals surface area contributed by atoms with Crippen molar-refractivity contribution < 1.29 is 4.79 Å². The third-order valence-corrected chi connectivity index (χ3v) is 4.88. The van der Waals surface area contributed by atoms with E-state index in [1.807, 2.05) is 18.0 Å². The molecule has 5 nitrogen and oxygen atoms in total. The van der Waals surface area contributed by atoms with Crippen LogP contribution in [0.1, 0.15) is 12.8 Å². The minimum atomic E-state index is -0.462. The van der Waals surface area contributed by atoms with Crippen LogP contribution in [0.4, 0.5) is 5.69 Å². The normalized spacial score (nSPS) is 16.5. The van der Waals surface area contributed by atoms with E-state index in [0.717, 1.165) is 25.9 Å². The highest BCUT2D eigenvalue weighted by molar-refractivity contribution is 6.42. The lowest BCUT2D eigenvalue weighted by molar-refractivity contribution is -0.112. The second kappa shape index (κ2) is 8.39. The monoisotopic (exact) mass is 366 g/mol. The van der Waals surface area contributed by atoms with Crippen LogP contribution in [0.5, 0.6) is 0 Å². The number of nitrogens with zero attached hydrogens (tertiary/aromatic N) is 3. The Morgan fingerprint density at radius 1 is 1.38 bits per heavy atom. The summed E-state index contributed by atoms with van der Waals surface area (Å²) < 4.78 is 0. The average molecular weight is 367 g/mol. The molecule has 1 N–H and O–H groups in total. The minimum absolute atomic E-state index is 0.0579. The van der Waals surface area contributed by atoms with Crippen molar-refractivity contribution in [1.29, 1.82) is 5.26 Å². The zero-order valence-corrected chi connectivity index (χ0v) is 15.2. The van der Waals surface area contributed by atoms with Crippen molar-refractivity contribution in [2.24, 2.45) is 0 Å². The van der Waals surface area contributed by atoms with Gasteiger partial charge in [-0.05, 0) is 51.2 Å². The van der Waals surface area contributed by atoms with E-state index >= 15 is 0 Å². The van der Waals surface area contributed by atoms with Gasteiger partial charge >= 0.3 is 0 Å². The van der Waals surface area contributed by atoms with Gasteiger partial charge in [0, 0.05) is 25.0 Å². The summed E-state index contributed by atoms with van der Waals surface area (Å²) >= 11 is 11.8. The van der Waals surface area contributed by atoms with Gasteiger partial charge in [0.1, 0.15) is 11.6 Å². The highest BCUT2D eigenvalue weighted by atomic mass is 35.5. The van der Waals surface area contributed by atoms with Crippen LogP contribution in [0.2, 0.25) is 10.0 Å². The summed E-state index contributed by atoms with van der Waals surface area (Å²) in [4.78, 5) is 16.5. The molecule has 1 fully saturated rings. The Morgan fingerprint density at radius 2 is 2.04 bits per heavy atom. The zero-order chi connectivity index (χ0) is 17.7. The molecule has 0 radical (unpaired) electrons. The number of carbonyl (C=O) groups excluding carboxylic acids is 1. The van der Waals surface area contributed by atoms with Crippen LogP contribution in [0.3, 0.4) is 0 Å². The van der Waals surface area contributed by atoms with E-state index in [4.69, 9.17) is 23.2 Å². The van der Waals surface area contributed by atoms with Gasteiger partial charge in [-0.25, -0.2) is 0 Å². The van der Waals surface area contributed by atoms with Gasteiger partial charge in [-0.3, -0.25) is 4.79 Å². The van der Waals surface area contributed by atoms with E-state index < -0.39 is 5.91 Å². The third-order valence-electron chi connectivity index (χ3n) is 4.14. The lowest BCUT2D eigenvalue weighted by Gasteiger charge is -2.34. The minimum Gasteiger partial charge on any atom is -0.376 e. The molecule has 0 unspecified atom stereocenters. The van der Waals surface area contributed by atoms with Crippen molar-refractivity contribution >= 4 is 34.8 Å². The average Bonchev–Trinajstić information content (AvgIpc) is 2.56. The van der Waals surface area contributed by atoms with Crippen LogP contribution in [0.25, 0.3) is 0 Å². The number of likely N-dealkylation sites (tertiary alicyclic amines) is 1. The van der Waals surface area contributed by atoms with Crippen molar-refractivity contribution in [1.82, 2.24) is 9.80 Å². The van der Waals surface area contributed by atoms with Gasteiger partial charge in [0.05, 0.1) is 10.0 Å². The SMILES string of the molecule is CN1CCC(N(C)/C=C(/C#N)C(=O)Nc2ccc(Cl)c(Cl)c2)CC1. The predicted octanol–water partition coefficient (Wildman–Crippen LogP) is 3.37. The first-order valence-corrected chi connectivity index (χ1v) is 8.45. The van der Waals surface area contributed by atoms with E-state index in [9.17, 15) is 10.1 Å². The second-order valence-electron chi connectivity index (χ2n) is 5.94. The molecule has 0 aromatic heterocycles. The fourth-order valence-corrected chi connectivity index (χ4v) is 2.92. The van der Waals surface area contributed by atoms with Crippen molar-refractivity contribution in [3.63, 3.8) is 0 Å². The summed E-state index contributed by atoms with van der Waals surface area (Å²) in [5.41, 5.74) is 0.556. The zero-order valence-electron chi connectivity index (χ0n) is 13.7. The molecule has 7 heteroatoms. The molecule has 1 saturated heterocycles. The largest absolute Gasteiger partial charge is 0.376 e. The number of anilines is 1. The Labute approximate surface area is 152 Å². The fraction of sp³-hybridized carbons (Fsp3) is 0.412. The molecule has 128 valence electrons. The Kier molecular flexibility index (Phi) is 6.50. The quantitative estimate of drug-likeness (QED) is 0.655. The number of hydrogen-bond acceptors (Lipinski definition) is 4. The molecule has 1 aliphatic heterocycles. The van der Waals surface area contributed by atoms with Crippen LogP contribution in [-0.2, 0) is 4.79 Å². The molecular formula is C17H20Cl2N4O.